The van der Waals surface area contributed by atoms with Crippen LogP contribution in [-0.4, -0.2) is 6.61 Å². The number of rotatable bonds is 7. The Bertz CT molecular complexity index is 311. The Kier molecular flexibility index (Phi) is 5.69. The van der Waals surface area contributed by atoms with Gasteiger partial charge in [-0.1, -0.05) is 45.4 Å². The average molecular weight is 218 g/mol. The molecule has 1 nitrogen and oxygen atoms in total. The molecule has 0 saturated heterocycles. The van der Waals surface area contributed by atoms with Gasteiger partial charge < -0.3 is 4.74 Å². The maximum absolute atomic E-state index is 5.61. The fourth-order valence-electron chi connectivity index (χ4n) is 1.57. The highest BCUT2D eigenvalue weighted by Gasteiger charge is 1.98. The highest BCUT2D eigenvalue weighted by Crippen LogP contribution is 2.20. The van der Waals surface area contributed by atoms with Gasteiger partial charge in [-0.3, -0.25) is 0 Å². The van der Waals surface area contributed by atoms with E-state index in [9.17, 15) is 0 Å². The van der Waals surface area contributed by atoms with Crippen LogP contribution in [-0.2, 0) is 0 Å². The molecule has 0 bridgehead atoms. The van der Waals surface area contributed by atoms with Gasteiger partial charge in [-0.2, -0.15) is 0 Å². The zero-order valence-electron chi connectivity index (χ0n) is 10.5. The monoisotopic (exact) mass is 218 g/mol. The van der Waals surface area contributed by atoms with Crippen molar-refractivity contribution in [1.29, 1.82) is 0 Å². The number of hydrogen-bond acceptors (Lipinski definition) is 1. The van der Waals surface area contributed by atoms with Gasteiger partial charge in [-0.15, -0.1) is 0 Å². The Morgan fingerprint density at radius 3 is 2.38 bits per heavy atom. The summed E-state index contributed by atoms with van der Waals surface area (Å²) in [6, 6.07) is 8.26. The van der Waals surface area contributed by atoms with Gasteiger partial charge in [0.25, 0.3) is 0 Å². The second kappa shape index (κ2) is 7.10. The van der Waals surface area contributed by atoms with Crippen molar-refractivity contribution in [3.63, 3.8) is 0 Å². The Morgan fingerprint density at radius 1 is 1.12 bits per heavy atom. The van der Waals surface area contributed by atoms with Gasteiger partial charge in [0, 0.05) is 0 Å². The van der Waals surface area contributed by atoms with Crippen LogP contribution in [0.3, 0.4) is 0 Å². The second-order valence-corrected chi connectivity index (χ2v) is 4.08. The highest BCUT2D eigenvalue weighted by atomic mass is 16.5. The molecule has 0 aromatic heterocycles. The van der Waals surface area contributed by atoms with Gasteiger partial charge in [0.15, 0.2) is 0 Å². The molecule has 1 aromatic rings. The number of unbranched alkanes of at least 4 members (excludes halogenated alkanes) is 1. The molecule has 0 spiro atoms. The molecule has 0 radical (unpaired) electrons. The van der Waals surface area contributed by atoms with Crippen LogP contribution in [0.5, 0.6) is 5.75 Å². The van der Waals surface area contributed by atoms with Gasteiger partial charge in [-0.25, -0.2) is 0 Å². The molecular weight excluding hydrogens is 196 g/mol. The van der Waals surface area contributed by atoms with Crippen molar-refractivity contribution in [3.05, 3.63) is 36.4 Å². The Hall–Kier alpha value is -1.24. The van der Waals surface area contributed by atoms with E-state index in [1.165, 1.54) is 17.6 Å². The topological polar surface area (TPSA) is 9.23 Å². The summed E-state index contributed by atoms with van der Waals surface area (Å²) in [7, 11) is 0. The Balaban J connectivity index is 2.50. The lowest BCUT2D eigenvalue weighted by Crippen LogP contribution is -1.96. The minimum Gasteiger partial charge on any atom is -0.494 e. The van der Waals surface area contributed by atoms with Gasteiger partial charge in [-0.05, 0) is 36.1 Å². The van der Waals surface area contributed by atoms with Crippen molar-refractivity contribution in [3.8, 4) is 5.75 Å². The minimum atomic E-state index is 0.811. The van der Waals surface area contributed by atoms with Crippen molar-refractivity contribution in [2.45, 2.75) is 39.5 Å². The maximum atomic E-state index is 5.61. The normalized spacial score (nSPS) is 10.1. The molecule has 0 atom stereocenters. The third kappa shape index (κ3) is 4.09. The first kappa shape index (κ1) is 12.8. The second-order valence-electron chi connectivity index (χ2n) is 4.08. The number of allylic oxidation sites excluding steroid dienone is 1. The molecule has 0 amide bonds. The van der Waals surface area contributed by atoms with Crippen LogP contribution in [0, 0.1) is 0 Å². The molecule has 0 aliphatic carbocycles. The van der Waals surface area contributed by atoms with Crippen LogP contribution in [0.15, 0.2) is 30.8 Å². The summed E-state index contributed by atoms with van der Waals surface area (Å²) in [5, 5.41) is 0. The lowest BCUT2D eigenvalue weighted by Gasteiger charge is -2.07. The Labute approximate surface area is 99.1 Å². The van der Waals surface area contributed by atoms with Gasteiger partial charge in [0.2, 0.25) is 0 Å². The van der Waals surface area contributed by atoms with E-state index in [-0.39, 0.29) is 0 Å². The van der Waals surface area contributed by atoms with E-state index in [0.29, 0.717) is 0 Å². The maximum Gasteiger partial charge on any atom is 0.119 e. The summed E-state index contributed by atoms with van der Waals surface area (Å²) in [5.74, 6) is 0.960. The Morgan fingerprint density at radius 2 is 1.81 bits per heavy atom. The molecule has 1 heteroatoms. The van der Waals surface area contributed by atoms with Crippen molar-refractivity contribution < 1.29 is 4.74 Å². The fraction of sp³-hybridized carbons (Fsp3) is 0.467. The van der Waals surface area contributed by atoms with Gasteiger partial charge in [0.1, 0.15) is 5.75 Å². The quantitative estimate of drug-likeness (QED) is 0.604. The van der Waals surface area contributed by atoms with E-state index in [4.69, 9.17) is 4.74 Å². The van der Waals surface area contributed by atoms with Crippen molar-refractivity contribution in [1.82, 2.24) is 0 Å². The van der Waals surface area contributed by atoms with Crippen molar-refractivity contribution in [2.24, 2.45) is 0 Å². The van der Waals surface area contributed by atoms with Crippen LogP contribution >= 0.6 is 0 Å². The summed E-state index contributed by atoms with van der Waals surface area (Å²) in [4.78, 5) is 0. The minimum absolute atomic E-state index is 0.811. The zero-order valence-corrected chi connectivity index (χ0v) is 10.5. The predicted molar refractivity (Wildman–Crippen MR) is 70.8 cm³/mol. The van der Waals surface area contributed by atoms with Crippen LogP contribution in [0.4, 0.5) is 0 Å². The van der Waals surface area contributed by atoms with E-state index in [2.05, 4.69) is 32.6 Å². The molecule has 0 unspecified atom stereocenters. The fourth-order valence-corrected chi connectivity index (χ4v) is 1.57. The van der Waals surface area contributed by atoms with E-state index >= 15 is 0 Å². The van der Waals surface area contributed by atoms with Crippen molar-refractivity contribution in [2.75, 3.05) is 6.61 Å². The molecule has 16 heavy (non-hydrogen) atoms. The average Bonchev–Trinajstić information content (AvgIpc) is 2.30. The number of hydrogen-bond donors (Lipinski definition) is 0. The smallest absolute Gasteiger partial charge is 0.119 e. The first-order valence-corrected chi connectivity index (χ1v) is 6.19. The van der Waals surface area contributed by atoms with E-state index in [1.54, 1.807) is 0 Å². The van der Waals surface area contributed by atoms with E-state index in [0.717, 1.165) is 31.6 Å². The molecule has 0 heterocycles. The molecule has 0 N–H and O–H groups in total. The molecule has 0 saturated carbocycles. The van der Waals surface area contributed by atoms with E-state index in [1.807, 2.05) is 12.1 Å². The standard InChI is InChI=1S/C15H22O/c1-4-6-12-16-15-10-8-14(9-11-15)13(3)7-5-2/h8-11H,3-7,12H2,1-2H3. The summed E-state index contributed by atoms with van der Waals surface area (Å²) in [6.07, 6.45) is 4.50. The number of ether oxygens (including phenoxy) is 1. The van der Waals surface area contributed by atoms with E-state index < -0.39 is 0 Å². The molecule has 88 valence electrons. The summed E-state index contributed by atoms with van der Waals surface area (Å²) in [6.45, 7) is 9.23. The molecular formula is C15H22O. The van der Waals surface area contributed by atoms with Crippen LogP contribution < -0.4 is 4.74 Å². The highest BCUT2D eigenvalue weighted by molar-refractivity contribution is 5.63. The van der Waals surface area contributed by atoms with Gasteiger partial charge in [0.05, 0.1) is 6.61 Å². The molecule has 0 aliphatic heterocycles. The SMILES string of the molecule is C=C(CCC)c1ccc(OCCCC)cc1. The van der Waals surface area contributed by atoms with Crippen LogP contribution in [0.1, 0.15) is 45.1 Å². The van der Waals surface area contributed by atoms with Crippen molar-refractivity contribution >= 4 is 5.57 Å². The largest absolute Gasteiger partial charge is 0.494 e. The van der Waals surface area contributed by atoms with Crippen LogP contribution in [0.25, 0.3) is 5.57 Å². The lowest BCUT2D eigenvalue weighted by atomic mass is 10.0. The predicted octanol–water partition coefficient (Wildman–Crippen LogP) is 4.68. The summed E-state index contributed by atoms with van der Waals surface area (Å²) < 4.78 is 5.61. The molecule has 1 rings (SSSR count). The first-order valence-electron chi connectivity index (χ1n) is 6.19. The summed E-state index contributed by atoms with van der Waals surface area (Å²) in [5.41, 5.74) is 2.44. The number of benzene rings is 1. The zero-order chi connectivity index (χ0) is 11.8. The van der Waals surface area contributed by atoms with Crippen LogP contribution in [0.2, 0.25) is 0 Å². The first-order chi connectivity index (χ1) is 7.77. The molecule has 0 fully saturated rings. The third-order valence-corrected chi connectivity index (χ3v) is 2.58. The lowest BCUT2D eigenvalue weighted by molar-refractivity contribution is 0.309. The summed E-state index contributed by atoms with van der Waals surface area (Å²) >= 11 is 0. The van der Waals surface area contributed by atoms with Gasteiger partial charge >= 0.3 is 0 Å². The molecule has 1 aromatic carbocycles. The third-order valence-electron chi connectivity index (χ3n) is 2.58. The molecule has 0 aliphatic rings.